The maximum Gasteiger partial charge on any atom is 0.275 e. The molecule has 2 aromatic rings. The summed E-state index contributed by atoms with van der Waals surface area (Å²) in [7, 11) is 0. The van der Waals surface area contributed by atoms with E-state index in [9.17, 15) is 9.59 Å². The van der Waals surface area contributed by atoms with Gasteiger partial charge in [-0.25, -0.2) is 0 Å². The lowest BCUT2D eigenvalue weighted by Gasteiger charge is -2.03. The molecule has 1 amide bonds. The van der Waals surface area contributed by atoms with Crippen LogP contribution in [0.5, 0.6) is 0 Å². The van der Waals surface area contributed by atoms with E-state index in [1.807, 2.05) is 0 Å². The molecule has 1 heterocycles. The van der Waals surface area contributed by atoms with Crippen molar-refractivity contribution in [3.05, 3.63) is 40.9 Å². The molecule has 0 saturated carbocycles. The van der Waals surface area contributed by atoms with E-state index in [0.29, 0.717) is 10.6 Å². The third-order valence-electron chi connectivity index (χ3n) is 2.55. The molecule has 1 aromatic carbocycles. The molecule has 0 aliphatic carbocycles. The smallest absolute Gasteiger partial charge is 0.275 e. The van der Waals surface area contributed by atoms with E-state index in [1.165, 1.54) is 11.3 Å². The number of amides is 1. The molecule has 0 atom stereocenters. The molecule has 2 N–H and O–H groups in total. The zero-order valence-electron chi connectivity index (χ0n) is 11.1. The van der Waals surface area contributed by atoms with Crippen molar-refractivity contribution in [2.75, 3.05) is 5.32 Å². The lowest BCUT2D eigenvalue weighted by Crippen LogP contribution is -2.25. The molecular formula is C13H12N4O3S. The van der Waals surface area contributed by atoms with E-state index >= 15 is 0 Å². The number of nitrogens with zero attached hydrogens (tertiary/aromatic N) is 3. The average Bonchev–Trinajstić information content (AvgIpc) is 2.90. The number of aromatic nitrogens is 2. The van der Waals surface area contributed by atoms with E-state index in [4.69, 9.17) is 5.21 Å². The predicted octanol–water partition coefficient (Wildman–Crippen LogP) is 1.89. The van der Waals surface area contributed by atoms with Gasteiger partial charge in [0.15, 0.2) is 11.5 Å². The molecule has 7 nitrogen and oxygen atoms in total. The van der Waals surface area contributed by atoms with E-state index in [-0.39, 0.29) is 23.0 Å². The van der Waals surface area contributed by atoms with Crippen LogP contribution < -0.4 is 5.32 Å². The molecule has 21 heavy (non-hydrogen) atoms. The molecule has 108 valence electrons. The van der Waals surface area contributed by atoms with E-state index in [0.717, 1.165) is 0 Å². The quantitative estimate of drug-likeness (QED) is 0.380. The van der Waals surface area contributed by atoms with Gasteiger partial charge in [-0.3, -0.25) is 14.9 Å². The Bertz CT molecular complexity index is 682. The Morgan fingerprint density at radius 1 is 1.29 bits per heavy atom. The minimum atomic E-state index is -0.682. The van der Waals surface area contributed by atoms with Crippen molar-refractivity contribution in [1.29, 1.82) is 0 Å². The minimum absolute atomic E-state index is 0.281. The topological polar surface area (TPSA) is 105 Å². The van der Waals surface area contributed by atoms with Crippen molar-refractivity contribution >= 4 is 33.9 Å². The summed E-state index contributed by atoms with van der Waals surface area (Å²) in [5.41, 5.74) is 0.162. The molecule has 2 rings (SSSR count). The van der Waals surface area contributed by atoms with Gasteiger partial charge >= 0.3 is 0 Å². The fourth-order valence-corrected chi connectivity index (χ4v) is 2.14. The number of carbonyl (C=O) groups excluding carboxylic acids is 2. The molecule has 0 saturated heterocycles. The molecule has 0 radical (unpaired) electrons. The highest BCUT2D eigenvalue weighted by molar-refractivity contribution is 7.15. The number of ketones is 1. The number of anilines is 1. The van der Waals surface area contributed by atoms with Gasteiger partial charge in [-0.2, -0.15) is 0 Å². The lowest BCUT2D eigenvalue weighted by molar-refractivity contribution is -0.110. The number of benzene rings is 1. The van der Waals surface area contributed by atoms with Crippen LogP contribution in [0.2, 0.25) is 0 Å². The summed E-state index contributed by atoms with van der Waals surface area (Å²) in [6, 6.07) is 8.47. The van der Waals surface area contributed by atoms with Crippen molar-refractivity contribution in [2.24, 2.45) is 5.16 Å². The summed E-state index contributed by atoms with van der Waals surface area (Å²) in [4.78, 5) is 23.9. The van der Waals surface area contributed by atoms with Crippen molar-refractivity contribution in [1.82, 2.24) is 10.2 Å². The van der Waals surface area contributed by atoms with E-state index in [1.54, 1.807) is 37.3 Å². The van der Waals surface area contributed by atoms with Crippen molar-refractivity contribution < 1.29 is 14.8 Å². The third-order valence-corrected chi connectivity index (χ3v) is 3.31. The Hall–Kier alpha value is -2.61. The summed E-state index contributed by atoms with van der Waals surface area (Å²) in [6.07, 6.45) is -0.301. The number of nitrogens with one attached hydrogen (secondary N) is 1. The summed E-state index contributed by atoms with van der Waals surface area (Å²) in [5, 5.41) is 22.7. The molecule has 0 spiro atoms. The first-order valence-corrected chi connectivity index (χ1v) is 6.82. The Morgan fingerprint density at radius 3 is 2.57 bits per heavy atom. The van der Waals surface area contributed by atoms with Crippen LogP contribution in [0, 0.1) is 6.92 Å². The summed E-state index contributed by atoms with van der Waals surface area (Å²) in [5.74, 6) is -0.995. The third kappa shape index (κ3) is 3.93. The Balaban J connectivity index is 2.03. The monoisotopic (exact) mass is 304 g/mol. The average molecular weight is 304 g/mol. The minimum Gasteiger partial charge on any atom is -0.410 e. The van der Waals surface area contributed by atoms with E-state index in [2.05, 4.69) is 20.7 Å². The number of hydrogen-bond acceptors (Lipinski definition) is 7. The van der Waals surface area contributed by atoms with Crippen LogP contribution >= 0.6 is 11.3 Å². The molecule has 0 fully saturated rings. The van der Waals surface area contributed by atoms with E-state index < -0.39 is 5.91 Å². The van der Waals surface area contributed by atoms with Crippen LogP contribution in [-0.4, -0.2) is 32.8 Å². The van der Waals surface area contributed by atoms with Gasteiger partial charge in [-0.15, -0.1) is 10.2 Å². The maximum atomic E-state index is 12.0. The first kappa shape index (κ1) is 14.8. The van der Waals surface area contributed by atoms with Crippen molar-refractivity contribution in [3.8, 4) is 0 Å². The van der Waals surface area contributed by atoms with Crippen LogP contribution in [0.3, 0.4) is 0 Å². The Kier molecular flexibility index (Phi) is 4.72. The number of oxime groups is 1. The molecule has 1 aromatic heterocycles. The standard InChI is InChI=1S/C13H12N4O3S/c1-8-15-16-13(21-8)14-12(19)10(17-20)7-11(18)9-5-3-2-4-6-9/h2-6,20H,7H2,1H3,(H,14,16,19). The van der Waals surface area contributed by atoms with Crippen LogP contribution in [0.1, 0.15) is 21.8 Å². The molecule has 0 aliphatic heterocycles. The summed E-state index contributed by atoms with van der Waals surface area (Å²) >= 11 is 1.18. The Labute approximate surface area is 124 Å². The van der Waals surface area contributed by atoms with Crippen LogP contribution in [0.4, 0.5) is 5.13 Å². The summed E-state index contributed by atoms with van der Waals surface area (Å²) in [6.45, 7) is 1.74. The largest absolute Gasteiger partial charge is 0.410 e. The van der Waals surface area contributed by atoms with Gasteiger partial charge in [-0.1, -0.05) is 46.8 Å². The van der Waals surface area contributed by atoms with Gasteiger partial charge < -0.3 is 5.21 Å². The van der Waals surface area contributed by atoms with Crippen LogP contribution in [-0.2, 0) is 4.79 Å². The second-order valence-electron chi connectivity index (χ2n) is 4.09. The van der Waals surface area contributed by atoms with Gasteiger partial charge in [0.25, 0.3) is 5.91 Å². The fourth-order valence-electron chi connectivity index (χ4n) is 1.56. The highest BCUT2D eigenvalue weighted by Gasteiger charge is 2.19. The molecule has 0 bridgehead atoms. The van der Waals surface area contributed by atoms with Gasteiger partial charge in [0.05, 0.1) is 6.42 Å². The number of Topliss-reactive ketones (excluding diaryl/α,β-unsaturated/α-hetero) is 1. The van der Waals surface area contributed by atoms with Gasteiger partial charge in [-0.05, 0) is 6.92 Å². The van der Waals surface area contributed by atoms with Gasteiger partial charge in [0.1, 0.15) is 5.01 Å². The normalized spacial score (nSPS) is 11.2. The number of carbonyl (C=O) groups is 2. The summed E-state index contributed by atoms with van der Waals surface area (Å²) < 4.78 is 0. The number of hydrogen-bond donors (Lipinski definition) is 2. The molecule has 0 unspecified atom stereocenters. The highest BCUT2D eigenvalue weighted by Crippen LogP contribution is 2.14. The van der Waals surface area contributed by atoms with Crippen molar-refractivity contribution in [2.45, 2.75) is 13.3 Å². The lowest BCUT2D eigenvalue weighted by atomic mass is 10.1. The fraction of sp³-hybridized carbons (Fsp3) is 0.154. The van der Waals surface area contributed by atoms with Crippen molar-refractivity contribution in [3.63, 3.8) is 0 Å². The number of rotatable bonds is 5. The first-order chi connectivity index (χ1) is 10.1. The zero-order valence-corrected chi connectivity index (χ0v) is 11.9. The predicted molar refractivity (Wildman–Crippen MR) is 77.9 cm³/mol. The Morgan fingerprint density at radius 2 is 2.00 bits per heavy atom. The van der Waals surface area contributed by atoms with Gasteiger partial charge in [0.2, 0.25) is 5.13 Å². The maximum absolute atomic E-state index is 12.0. The SMILES string of the molecule is Cc1nnc(NC(=O)C(CC(=O)c2ccccc2)=NO)s1. The molecule has 0 aliphatic rings. The highest BCUT2D eigenvalue weighted by atomic mass is 32.1. The second kappa shape index (κ2) is 6.71. The first-order valence-electron chi connectivity index (χ1n) is 6.01. The molecular weight excluding hydrogens is 292 g/mol. The second-order valence-corrected chi connectivity index (χ2v) is 5.27. The van der Waals surface area contributed by atoms with Crippen LogP contribution in [0.15, 0.2) is 35.5 Å². The molecule has 8 heteroatoms. The zero-order chi connectivity index (χ0) is 15.2. The number of aryl methyl sites for hydroxylation is 1. The van der Waals surface area contributed by atoms with Crippen LogP contribution in [0.25, 0.3) is 0 Å². The van der Waals surface area contributed by atoms with Gasteiger partial charge in [0, 0.05) is 5.56 Å².